The molecule has 2 rings (SSSR count). The SMILES string of the molecule is COc1cc(-c2nc(C(F)(F)F)cn2C)c(F)cc1C=O. The number of hydrogen-bond acceptors (Lipinski definition) is 3. The number of aryl methyl sites for hydroxylation is 1. The minimum Gasteiger partial charge on any atom is -0.496 e. The molecule has 1 heterocycles. The summed E-state index contributed by atoms with van der Waals surface area (Å²) in [6.07, 6.45) is -3.47. The van der Waals surface area contributed by atoms with Crippen LogP contribution < -0.4 is 4.74 Å². The summed E-state index contributed by atoms with van der Waals surface area (Å²) in [6.45, 7) is 0. The maximum absolute atomic E-state index is 14.0. The third kappa shape index (κ3) is 2.74. The van der Waals surface area contributed by atoms with E-state index in [0.29, 0.717) is 6.29 Å². The molecular formula is C13H10F4N2O2. The van der Waals surface area contributed by atoms with Gasteiger partial charge in [-0.3, -0.25) is 4.79 Å². The van der Waals surface area contributed by atoms with Crippen LogP contribution in [-0.2, 0) is 13.2 Å². The second-order valence-corrected chi connectivity index (χ2v) is 4.25. The summed E-state index contributed by atoms with van der Waals surface area (Å²) >= 11 is 0. The van der Waals surface area contributed by atoms with Crippen LogP contribution >= 0.6 is 0 Å². The molecule has 0 unspecified atom stereocenters. The number of methoxy groups -OCH3 is 1. The molecule has 0 aliphatic heterocycles. The van der Waals surface area contributed by atoms with Gasteiger partial charge in [0.15, 0.2) is 12.0 Å². The Morgan fingerprint density at radius 1 is 1.33 bits per heavy atom. The highest BCUT2D eigenvalue weighted by molar-refractivity contribution is 5.81. The molecule has 1 aromatic heterocycles. The molecule has 0 saturated carbocycles. The van der Waals surface area contributed by atoms with Crippen molar-refractivity contribution in [3.8, 4) is 17.1 Å². The van der Waals surface area contributed by atoms with Crippen molar-refractivity contribution in [2.45, 2.75) is 6.18 Å². The molecule has 0 aliphatic carbocycles. The van der Waals surface area contributed by atoms with Gasteiger partial charge in [-0.25, -0.2) is 9.37 Å². The first kappa shape index (κ1) is 15.0. The zero-order valence-corrected chi connectivity index (χ0v) is 11.0. The first-order chi connectivity index (χ1) is 9.77. The molecule has 21 heavy (non-hydrogen) atoms. The third-order valence-corrected chi connectivity index (χ3v) is 2.85. The van der Waals surface area contributed by atoms with Gasteiger partial charge in [0.05, 0.1) is 18.2 Å². The molecule has 0 spiro atoms. The van der Waals surface area contributed by atoms with Crippen molar-refractivity contribution in [1.82, 2.24) is 9.55 Å². The third-order valence-electron chi connectivity index (χ3n) is 2.85. The standard InChI is InChI=1S/C13H10F4N2O2/c1-19-5-11(13(15,16)17)18-12(19)8-4-10(21-2)7(6-20)3-9(8)14/h3-6H,1-2H3. The number of alkyl halides is 3. The van der Waals surface area contributed by atoms with E-state index in [1.165, 1.54) is 14.2 Å². The number of carbonyl (C=O) groups excluding carboxylic acids is 1. The topological polar surface area (TPSA) is 44.1 Å². The molecule has 0 aliphatic rings. The Kier molecular flexibility index (Phi) is 3.71. The highest BCUT2D eigenvalue weighted by atomic mass is 19.4. The fraction of sp³-hybridized carbons (Fsp3) is 0.231. The van der Waals surface area contributed by atoms with E-state index < -0.39 is 17.7 Å². The quantitative estimate of drug-likeness (QED) is 0.646. The van der Waals surface area contributed by atoms with Gasteiger partial charge in [-0.1, -0.05) is 0 Å². The molecule has 0 fully saturated rings. The highest BCUT2D eigenvalue weighted by Gasteiger charge is 2.35. The van der Waals surface area contributed by atoms with E-state index in [-0.39, 0.29) is 22.7 Å². The number of halogens is 4. The normalized spacial score (nSPS) is 11.5. The number of imidazole rings is 1. The Labute approximate surface area is 117 Å². The fourth-order valence-corrected chi connectivity index (χ4v) is 1.86. The second kappa shape index (κ2) is 5.19. The van der Waals surface area contributed by atoms with Crippen molar-refractivity contribution in [1.29, 1.82) is 0 Å². The van der Waals surface area contributed by atoms with Gasteiger partial charge in [0.2, 0.25) is 0 Å². The molecule has 0 atom stereocenters. The van der Waals surface area contributed by atoms with Crippen LogP contribution in [0.5, 0.6) is 5.75 Å². The molecule has 0 bridgehead atoms. The van der Waals surface area contributed by atoms with Crippen LogP contribution in [0, 0.1) is 5.82 Å². The first-order valence-electron chi connectivity index (χ1n) is 5.71. The monoisotopic (exact) mass is 302 g/mol. The highest BCUT2D eigenvalue weighted by Crippen LogP contribution is 2.33. The lowest BCUT2D eigenvalue weighted by atomic mass is 10.1. The van der Waals surface area contributed by atoms with Crippen LogP contribution in [0.1, 0.15) is 16.1 Å². The van der Waals surface area contributed by atoms with Crippen molar-refractivity contribution in [3.63, 3.8) is 0 Å². The van der Waals surface area contributed by atoms with Gasteiger partial charge < -0.3 is 9.30 Å². The molecule has 112 valence electrons. The lowest BCUT2D eigenvalue weighted by Crippen LogP contribution is -2.05. The Hall–Kier alpha value is -2.38. The van der Waals surface area contributed by atoms with E-state index in [9.17, 15) is 22.4 Å². The second-order valence-electron chi connectivity index (χ2n) is 4.25. The van der Waals surface area contributed by atoms with Gasteiger partial charge in [0.1, 0.15) is 17.4 Å². The van der Waals surface area contributed by atoms with Crippen molar-refractivity contribution in [2.24, 2.45) is 7.05 Å². The molecule has 0 saturated heterocycles. The zero-order chi connectivity index (χ0) is 15.8. The van der Waals surface area contributed by atoms with Crippen LogP contribution in [0.4, 0.5) is 17.6 Å². The molecule has 0 N–H and O–H groups in total. The summed E-state index contributed by atoms with van der Waals surface area (Å²) in [5.74, 6) is -1.02. The van der Waals surface area contributed by atoms with E-state index in [1.807, 2.05) is 0 Å². The largest absolute Gasteiger partial charge is 0.496 e. The van der Waals surface area contributed by atoms with Gasteiger partial charge >= 0.3 is 6.18 Å². The van der Waals surface area contributed by atoms with E-state index in [1.54, 1.807) is 0 Å². The Morgan fingerprint density at radius 2 is 2.00 bits per heavy atom. The lowest BCUT2D eigenvalue weighted by Gasteiger charge is -2.08. The zero-order valence-electron chi connectivity index (χ0n) is 11.0. The summed E-state index contributed by atoms with van der Waals surface area (Å²) in [4.78, 5) is 14.2. The summed E-state index contributed by atoms with van der Waals surface area (Å²) < 4.78 is 57.8. The Balaban J connectivity index is 2.62. The number of benzene rings is 1. The predicted molar refractivity (Wildman–Crippen MR) is 65.5 cm³/mol. The number of hydrogen-bond donors (Lipinski definition) is 0. The minimum atomic E-state index is -4.63. The van der Waals surface area contributed by atoms with E-state index in [0.717, 1.165) is 22.9 Å². The van der Waals surface area contributed by atoms with Crippen molar-refractivity contribution in [2.75, 3.05) is 7.11 Å². The predicted octanol–water partition coefficient (Wildman–Crippen LogP) is 3.07. The van der Waals surface area contributed by atoms with Crippen molar-refractivity contribution in [3.05, 3.63) is 35.4 Å². The number of aldehydes is 1. The molecule has 8 heteroatoms. The summed E-state index contributed by atoms with van der Waals surface area (Å²) in [7, 11) is 2.58. The molecule has 4 nitrogen and oxygen atoms in total. The van der Waals surface area contributed by atoms with Gasteiger partial charge in [0, 0.05) is 13.2 Å². The van der Waals surface area contributed by atoms with E-state index >= 15 is 0 Å². The summed E-state index contributed by atoms with van der Waals surface area (Å²) in [5.41, 5.74) is -1.35. The summed E-state index contributed by atoms with van der Waals surface area (Å²) in [5, 5.41) is 0. The molecule has 0 radical (unpaired) electrons. The average molecular weight is 302 g/mol. The Bertz CT molecular complexity index is 692. The smallest absolute Gasteiger partial charge is 0.434 e. The minimum absolute atomic E-state index is 0.0380. The van der Waals surface area contributed by atoms with Crippen LogP contribution in [0.15, 0.2) is 18.3 Å². The van der Waals surface area contributed by atoms with Crippen LogP contribution in [-0.4, -0.2) is 22.9 Å². The van der Waals surface area contributed by atoms with Gasteiger partial charge in [-0.2, -0.15) is 13.2 Å². The van der Waals surface area contributed by atoms with Crippen molar-refractivity contribution >= 4 is 6.29 Å². The Morgan fingerprint density at radius 3 is 2.48 bits per heavy atom. The van der Waals surface area contributed by atoms with Crippen LogP contribution in [0.25, 0.3) is 11.4 Å². The van der Waals surface area contributed by atoms with Crippen molar-refractivity contribution < 1.29 is 27.1 Å². The molecule has 1 aromatic carbocycles. The van der Waals surface area contributed by atoms with E-state index in [4.69, 9.17) is 4.74 Å². The molecular weight excluding hydrogens is 292 g/mol. The number of aromatic nitrogens is 2. The number of rotatable bonds is 3. The fourth-order valence-electron chi connectivity index (χ4n) is 1.86. The van der Waals surface area contributed by atoms with E-state index in [2.05, 4.69) is 4.98 Å². The number of ether oxygens (including phenoxy) is 1. The lowest BCUT2D eigenvalue weighted by molar-refractivity contribution is -0.140. The van der Waals surface area contributed by atoms with Gasteiger partial charge in [-0.15, -0.1) is 0 Å². The average Bonchev–Trinajstić information content (AvgIpc) is 2.80. The number of carbonyl (C=O) groups is 1. The maximum Gasteiger partial charge on any atom is 0.434 e. The molecule has 0 amide bonds. The molecule has 2 aromatic rings. The van der Waals surface area contributed by atoms with Crippen LogP contribution in [0.2, 0.25) is 0 Å². The van der Waals surface area contributed by atoms with Gasteiger partial charge in [0.25, 0.3) is 0 Å². The van der Waals surface area contributed by atoms with Gasteiger partial charge in [-0.05, 0) is 12.1 Å². The number of nitrogens with zero attached hydrogens (tertiary/aromatic N) is 2. The summed E-state index contributed by atoms with van der Waals surface area (Å²) in [6, 6.07) is 2.03. The first-order valence-corrected chi connectivity index (χ1v) is 5.71. The van der Waals surface area contributed by atoms with Crippen LogP contribution in [0.3, 0.4) is 0 Å². The maximum atomic E-state index is 14.0.